The van der Waals surface area contributed by atoms with Crippen LogP contribution in [0.1, 0.15) is 30.1 Å². The third kappa shape index (κ3) is 2.57. The van der Waals surface area contributed by atoms with Crippen molar-refractivity contribution < 1.29 is 9.90 Å². The molecule has 1 aliphatic rings. The van der Waals surface area contributed by atoms with E-state index in [1.807, 2.05) is 32.2 Å². The fourth-order valence-corrected chi connectivity index (χ4v) is 2.78. The highest BCUT2D eigenvalue weighted by atomic mass is 32.2. The lowest BCUT2D eigenvalue weighted by atomic mass is 10.1. The zero-order valence-corrected chi connectivity index (χ0v) is 11.0. The lowest BCUT2D eigenvalue weighted by Crippen LogP contribution is -2.22. The van der Waals surface area contributed by atoms with Crippen LogP contribution in [-0.4, -0.2) is 29.9 Å². The summed E-state index contributed by atoms with van der Waals surface area (Å²) in [6, 6.07) is 6.26. The summed E-state index contributed by atoms with van der Waals surface area (Å²) in [6.07, 6.45) is 2.33. The predicted octanol–water partition coefficient (Wildman–Crippen LogP) is 3.10. The maximum atomic E-state index is 11.4. The molecule has 4 heteroatoms. The van der Waals surface area contributed by atoms with Crippen molar-refractivity contribution in [3.63, 3.8) is 0 Å². The summed E-state index contributed by atoms with van der Waals surface area (Å²) in [5.41, 5.74) is 1.30. The van der Waals surface area contributed by atoms with Crippen LogP contribution in [0, 0.1) is 0 Å². The molecular weight excluding hydrogens is 234 g/mol. The molecule has 1 aromatic rings. The summed E-state index contributed by atoms with van der Waals surface area (Å²) in [6.45, 7) is 2.04. The first-order valence-electron chi connectivity index (χ1n) is 5.87. The van der Waals surface area contributed by atoms with E-state index in [0.29, 0.717) is 11.6 Å². The molecular formula is C13H17NO2S. The highest BCUT2D eigenvalue weighted by molar-refractivity contribution is 7.99. The van der Waals surface area contributed by atoms with E-state index in [1.165, 1.54) is 12.8 Å². The van der Waals surface area contributed by atoms with Crippen molar-refractivity contribution in [2.45, 2.75) is 30.7 Å². The average Bonchev–Trinajstić information content (AvgIpc) is 3.11. The molecule has 1 saturated carbocycles. The van der Waals surface area contributed by atoms with E-state index < -0.39 is 5.97 Å². The van der Waals surface area contributed by atoms with Crippen molar-refractivity contribution >= 4 is 23.4 Å². The fourth-order valence-electron chi connectivity index (χ4n) is 1.96. The average molecular weight is 251 g/mol. The van der Waals surface area contributed by atoms with E-state index in [-0.39, 0.29) is 0 Å². The second kappa shape index (κ2) is 5.00. The Kier molecular flexibility index (Phi) is 3.62. The maximum Gasteiger partial charge on any atom is 0.338 e. The van der Waals surface area contributed by atoms with Crippen LogP contribution in [0.25, 0.3) is 0 Å². The third-order valence-corrected chi connectivity index (χ3v) is 3.93. The van der Waals surface area contributed by atoms with Gasteiger partial charge in [0.2, 0.25) is 0 Å². The molecule has 0 heterocycles. The fraction of sp³-hybridized carbons (Fsp3) is 0.462. The topological polar surface area (TPSA) is 40.5 Å². The summed E-state index contributed by atoms with van der Waals surface area (Å²) in [7, 11) is 1.99. The van der Waals surface area contributed by atoms with Crippen molar-refractivity contribution in [2.24, 2.45) is 0 Å². The first-order chi connectivity index (χ1) is 8.15. The van der Waals surface area contributed by atoms with Crippen LogP contribution in [0.5, 0.6) is 0 Å². The summed E-state index contributed by atoms with van der Waals surface area (Å²) < 4.78 is 0. The SMILES string of the molecule is CCSc1cccc(N(C)C2CC2)c1C(=O)O. The molecule has 0 radical (unpaired) electrons. The lowest BCUT2D eigenvalue weighted by Gasteiger charge is -2.22. The number of hydrogen-bond acceptors (Lipinski definition) is 3. The van der Waals surface area contributed by atoms with Gasteiger partial charge in [0.05, 0.1) is 11.3 Å². The number of thioether (sulfide) groups is 1. The molecule has 0 spiro atoms. The number of carboxylic acids is 1. The predicted molar refractivity (Wildman–Crippen MR) is 71.2 cm³/mol. The Hall–Kier alpha value is -1.16. The monoisotopic (exact) mass is 251 g/mol. The summed E-state index contributed by atoms with van der Waals surface area (Å²) in [4.78, 5) is 14.4. The Labute approximate surface area is 106 Å². The number of carbonyl (C=O) groups is 1. The molecule has 1 aromatic carbocycles. The van der Waals surface area contributed by atoms with Gasteiger partial charge in [0.1, 0.15) is 0 Å². The molecule has 17 heavy (non-hydrogen) atoms. The Morgan fingerprint density at radius 3 is 2.76 bits per heavy atom. The molecule has 92 valence electrons. The van der Waals surface area contributed by atoms with Crippen molar-refractivity contribution in [1.82, 2.24) is 0 Å². The Morgan fingerprint density at radius 2 is 2.24 bits per heavy atom. The van der Waals surface area contributed by atoms with Crippen LogP contribution in [0.3, 0.4) is 0 Å². The second-order valence-corrected chi connectivity index (χ2v) is 5.54. The number of aromatic carboxylic acids is 1. The molecule has 0 atom stereocenters. The minimum atomic E-state index is -0.830. The third-order valence-electron chi connectivity index (χ3n) is 2.99. The van der Waals surface area contributed by atoms with Gasteiger partial charge in [-0.25, -0.2) is 4.79 Å². The number of rotatable bonds is 5. The van der Waals surface area contributed by atoms with Crippen molar-refractivity contribution in [3.8, 4) is 0 Å². The van der Waals surface area contributed by atoms with Gasteiger partial charge in [-0.2, -0.15) is 0 Å². The van der Waals surface area contributed by atoms with Gasteiger partial charge >= 0.3 is 5.97 Å². The van der Waals surface area contributed by atoms with Crippen LogP contribution in [0.4, 0.5) is 5.69 Å². The zero-order chi connectivity index (χ0) is 12.4. The molecule has 1 N–H and O–H groups in total. The van der Waals surface area contributed by atoms with Crippen LogP contribution >= 0.6 is 11.8 Å². The van der Waals surface area contributed by atoms with E-state index in [2.05, 4.69) is 4.90 Å². The van der Waals surface area contributed by atoms with Gasteiger partial charge in [-0.3, -0.25) is 0 Å². The number of anilines is 1. The molecule has 0 saturated heterocycles. The molecule has 1 aliphatic carbocycles. The van der Waals surface area contributed by atoms with E-state index in [0.717, 1.165) is 16.3 Å². The first kappa shape index (κ1) is 12.3. The summed E-state index contributed by atoms with van der Waals surface area (Å²) >= 11 is 1.59. The molecule has 0 aromatic heterocycles. The van der Waals surface area contributed by atoms with Crippen LogP contribution in [0.15, 0.2) is 23.1 Å². The Morgan fingerprint density at radius 1 is 1.53 bits per heavy atom. The van der Waals surface area contributed by atoms with Crippen molar-refractivity contribution in [3.05, 3.63) is 23.8 Å². The molecule has 0 bridgehead atoms. The number of nitrogens with zero attached hydrogens (tertiary/aromatic N) is 1. The molecule has 2 rings (SSSR count). The molecule has 3 nitrogen and oxygen atoms in total. The van der Waals surface area contributed by atoms with Crippen LogP contribution in [-0.2, 0) is 0 Å². The molecule has 1 fully saturated rings. The number of benzene rings is 1. The van der Waals surface area contributed by atoms with Crippen molar-refractivity contribution in [1.29, 1.82) is 0 Å². The van der Waals surface area contributed by atoms with E-state index in [1.54, 1.807) is 11.8 Å². The van der Waals surface area contributed by atoms with Gasteiger partial charge in [0.25, 0.3) is 0 Å². The quantitative estimate of drug-likeness (QED) is 0.816. The highest BCUT2D eigenvalue weighted by Gasteiger charge is 2.29. The molecule has 0 amide bonds. The summed E-state index contributed by atoms with van der Waals surface area (Å²) in [5, 5.41) is 9.38. The molecule has 0 aliphatic heterocycles. The first-order valence-corrected chi connectivity index (χ1v) is 6.85. The van der Waals surface area contributed by atoms with Gasteiger partial charge in [-0.1, -0.05) is 13.0 Å². The van der Waals surface area contributed by atoms with Gasteiger partial charge < -0.3 is 10.0 Å². The minimum Gasteiger partial charge on any atom is -0.478 e. The van der Waals surface area contributed by atoms with E-state index in [9.17, 15) is 9.90 Å². The Balaban J connectivity index is 2.42. The van der Waals surface area contributed by atoms with Crippen molar-refractivity contribution in [2.75, 3.05) is 17.7 Å². The van der Waals surface area contributed by atoms with Gasteiger partial charge in [-0.15, -0.1) is 11.8 Å². The van der Waals surface area contributed by atoms with Gasteiger partial charge in [-0.05, 0) is 30.7 Å². The smallest absolute Gasteiger partial charge is 0.338 e. The second-order valence-electron chi connectivity index (χ2n) is 4.23. The minimum absolute atomic E-state index is 0.453. The zero-order valence-electron chi connectivity index (χ0n) is 10.1. The largest absolute Gasteiger partial charge is 0.478 e. The number of carboxylic acid groups (broad SMARTS) is 1. The normalized spacial score (nSPS) is 14.7. The highest BCUT2D eigenvalue weighted by Crippen LogP contribution is 2.36. The van der Waals surface area contributed by atoms with Crippen LogP contribution < -0.4 is 4.90 Å². The van der Waals surface area contributed by atoms with Gasteiger partial charge in [0, 0.05) is 18.0 Å². The van der Waals surface area contributed by atoms with Gasteiger partial charge in [0.15, 0.2) is 0 Å². The standard InChI is InChI=1S/C13H17NO2S/c1-3-17-11-6-4-5-10(12(11)13(15)16)14(2)9-7-8-9/h4-6,9H,3,7-8H2,1-2H3,(H,15,16). The Bertz CT molecular complexity index is 429. The summed E-state index contributed by atoms with van der Waals surface area (Å²) in [5.74, 6) is 0.0562. The van der Waals surface area contributed by atoms with Crippen LogP contribution in [0.2, 0.25) is 0 Å². The van der Waals surface area contributed by atoms with E-state index in [4.69, 9.17) is 0 Å². The lowest BCUT2D eigenvalue weighted by molar-refractivity contribution is 0.0694. The molecule has 0 unspecified atom stereocenters. The van der Waals surface area contributed by atoms with E-state index >= 15 is 0 Å². The maximum absolute atomic E-state index is 11.4. The number of hydrogen-bond donors (Lipinski definition) is 1.